The summed E-state index contributed by atoms with van der Waals surface area (Å²) in [5.74, 6) is -0.846. The summed E-state index contributed by atoms with van der Waals surface area (Å²) < 4.78 is 0.868. The number of amides is 3. The van der Waals surface area contributed by atoms with Crippen LogP contribution in [0.2, 0.25) is 0 Å². The highest BCUT2D eigenvalue weighted by molar-refractivity contribution is 9.10. The SMILES string of the molecule is CC(=O)N(C1CC(=O)N(c2ccc(Br)cc2)C1=O)C(C)(C)C. The summed E-state index contributed by atoms with van der Waals surface area (Å²) in [4.78, 5) is 39.6. The van der Waals surface area contributed by atoms with Crippen molar-refractivity contribution < 1.29 is 14.4 Å². The Morgan fingerprint density at radius 2 is 1.77 bits per heavy atom. The van der Waals surface area contributed by atoms with Crippen LogP contribution in [0.5, 0.6) is 0 Å². The third-order valence-corrected chi connectivity index (χ3v) is 4.11. The number of hydrogen-bond acceptors (Lipinski definition) is 3. The van der Waals surface area contributed by atoms with E-state index in [1.165, 1.54) is 16.7 Å². The van der Waals surface area contributed by atoms with Crippen molar-refractivity contribution >= 4 is 39.3 Å². The zero-order chi connectivity index (χ0) is 16.7. The lowest BCUT2D eigenvalue weighted by Gasteiger charge is -2.38. The summed E-state index contributed by atoms with van der Waals surface area (Å²) in [7, 11) is 0. The Bertz CT molecular complexity index is 619. The molecule has 0 aromatic heterocycles. The highest BCUT2D eigenvalue weighted by Crippen LogP contribution is 2.30. The smallest absolute Gasteiger partial charge is 0.257 e. The number of hydrogen-bond donors (Lipinski definition) is 0. The van der Waals surface area contributed by atoms with Gasteiger partial charge in [0.1, 0.15) is 6.04 Å². The second kappa shape index (κ2) is 5.83. The average molecular weight is 367 g/mol. The van der Waals surface area contributed by atoms with Gasteiger partial charge in [0.25, 0.3) is 5.91 Å². The van der Waals surface area contributed by atoms with Crippen LogP contribution >= 0.6 is 15.9 Å². The molecule has 118 valence electrons. The topological polar surface area (TPSA) is 57.7 Å². The number of benzene rings is 1. The van der Waals surface area contributed by atoms with Gasteiger partial charge < -0.3 is 4.90 Å². The molecular weight excluding hydrogens is 348 g/mol. The van der Waals surface area contributed by atoms with Crippen LogP contribution in [-0.4, -0.2) is 34.2 Å². The molecule has 1 aromatic rings. The molecule has 1 aliphatic heterocycles. The second-order valence-corrected chi connectivity index (χ2v) is 7.24. The van der Waals surface area contributed by atoms with Crippen LogP contribution in [0.1, 0.15) is 34.1 Å². The third-order valence-electron chi connectivity index (χ3n) is 3.58. The predicted molar refractivity (Wildman–Crippen MR) is 87.3 cm³/mol. The Kier molecular flexibility index (Phi) is 4.42. The summed E-state index contributed by atoms with van der Waals surface area (Å²) in [6, 6.07) is 6.22. The van der Waals surface area contributed by atoms with Crippen LogP contribution in [0.15, 0.2) is 28.7 Å². The zero-order valence-corrected chi connectivity index (χ0v) is 14.7. The van der Waals surface area contributed by atoms with Gasteiger partial charge in [-0.2, -0.15) is 0 Å². The summed E-state index contributed by atoms with van der Waals surface area (Å²) >= 11 is 3.32. The van der Waals surface area contributed by atoms with Crippen molar-refractivity contribution in [2.24, 2.45) is 0 Å². The Morgan fingerprint density at radius 3 is 2.23 bits per heavy atom. The minimum absolute atomic E-state index is 0.0196. The molecule has 0 saturated carbocycles. The standard InChI is InChI=1S/C16H19BrN2O3/c1-10(20)19(16(2,3)4)13-9-14(21)18(15(13)22)12-7-5-11(17)6-8-12/h5-8,13H,9H2,1-4H3. The van der Waals surface area contributed by atoms with Gasteiger partial charge in [-0.05, 0) is 45.0 Å². The Hall–Kier alpha value is -1.69. The van der Waals surface area contributed by atoms with Gasteiger partial charge >= 0.3 is 0 Å². The fraction of sp³-hybridized carbons (Fsp3) is 0.438. The van der Waals surface area contributed by atoms with E-state index in [9.17, 15) is 14.4 Å². The maximum Gasteiger partial charge on any atom is 0.257 e. The van der Waals surface area contributed by atoms with Crippen LogP contribution in [-0.2, 0) is 14.4 Å². The minimum Gasteiger partial charge on any atom is -0.326 e. The van der Waals surface area contributed by atoms with Gasteiger partial charge in [0, 0.05) is 16.9 Å². The van der Waals surface area contributed by atoms with Crippen molar-refractivity contribution in [3.05, 3.63) is 28.7 Å². The van der Waals surface area contributed by atoms with Gasteiger partial charge in [-0.1, -0.05) is 15.9 Å². The highest BCUT2D eigenvalue weighted by atomic mass is 79.9. The predicted octanol–water partition coefficient (Wildman–Crippen LogP) is 2.73. The minimum atomic E-state index is -0.742. The van der Waals surface area contributed by atoms with Crippen molar-refractivity contribution in [2.45, 2.75) is 45.7 Å². The maximum atomic E-state index is 12.7. The Labute approximate surface area is 138 Å². The maximum absolute atomic E-state index is 12.7. The lowest BCUT2D eigenvalue weighted by Crippen LogP contribution is -2.53. The lowest BCUT2D eigenvalue weighted by atomic mass is 10.0. The number of rotatable bonds is 2. The monoisotopic (exact) mass is 366 g/mol. The first-order valence-corrected chi connectivity index (χ1v) is 7.84. The molecule has 1 aromatic carbocycles. The molecule has 1 saturated heterocycles. The number of carbonyl (C=O) groups is 3. The van der Waals surface area contributed by atoms with Crippen LogP contribution in [0.25, 0.3) is 0 Å². The molecule has 6 heteroatoms. The first-order chi connectivity index (χ1) is 10.1. The fourth-order valence-corrected chi connectivity index (χ4v) is 3.10. The molecule has 1 atom stereocenters. The van der Waals surface area contributed by atoms with Crippen molar-refractivity contribution in [1.82, 2.24) is 4.90 Å². The van der Waals surface area contributed by atoms with Crippen LogP contribution in [0.3, 0.4) is 0 Å². The van der Waals surface area contributed by atoms with Gasteiger partial charge in [0.15, 0.2) is 0 Å². The molecule has 1 heterocycles. The lowest BCUT2D eigenvalue weighted by molar-refractivity contribution is -0.142. The molecular formula is C16H19BrN2O3. The van der Waals surface area contributed by atoms with Crippen molar-refractivity contribution in [3.8, 4) is 0 Å². The Morgan fingerprint density at radius 1 is 1.23 bits per heavy atom. The third kappa shape index (κ3) is 3.06. The van der Waals surface area contributed by atoms with E-state index in [4.69, 9.17) is 0 Å². The van der Waals surface area contributed by atoms with E-state index in [1.807, 2.05) is 20.8 Å². The van der Waals surface area contributed by atoms with E-state index >= 15 is 0 Å². The van der Waals surface area contributed by atoms with Crippen LogP contribution in [0.4, 0.5) is 5.69 Å². The summed E-state index contributed by atoms with van der Waals surface area (Å²) in [6.07, 6.45) is 0.0196. The van der Waals surface area contributed by atoms with Crippen molar-refractivity contribution in [1.29, 1.82) is 0 Å². The fourth-order valence-electron chi connectivity index (χ4n) is 2.84. The number of nitrogens with zero attached hydrogens (tertiary/aromatic N) is 2. The normalized spacial score (nSPS) is 18.8. The molecule has 22 heavy (non-hydrogen) atoms. The largest absolute Gasteiger partial charge is 0.326 e. The van der Waals surface area contributed by atoms with Gasteiger partial charge in [-0.25, -0.2) is 4.90 Å². The molecule has 0 N–H and O–H groups in total. The van der Waals surface area contributed by atoms with E-state index < -0.39 is 11.6 Å². The van der Waals surface area contributed by atoms with Crippen molar-refractivity contribution in [3.63, 3.8) is 0 Å². The highest BCUT2D eigenvalue weighted by Gasteiger charge is 2.46. The van der Waals surface area contributed by atoms with Crippen molar-refractivity contribution in [2.75, 3.05) is 4.90 Å². The molecule has 0 radical (unpaired) electrons. The van der Waals surface area contributed by atoms with E-state index in [1.54, 1.807) is 24.3 Å². The van der Waals surface area contributed by atoms with E-state index in [-0.39, 0.29) is 24.1 Å². The number of carbonyl (C=O) groups excluding carboxylic acids is 3. The van der Waals surface area contributed by atoms with E-state index in [0.29, 0.717) is 5.69 Å². The number of imide groups is 1. The number of anilines is 1. The van der Waals surface area contributed by atoms with Crippen LogP contribution < -0.4 is 4.90 Å². The molecule has 1 fully saturated rings. The molecule has 3 amide bonds. The van der Waals surface area contributed by atoms with Gasteiger partial charge in [-0.15, -0.1) is 0 Å². The summed E-state index contributed by atoms with van der Waals surface area (Å²) in [6.45, 7) is 6.99. The first-order valence-electron chi connectivity index (χ1n) is 7.05. The Balaban J connectivity index is 2.36. The van der Waals surface area contributed by atoms with Gasteiger partial charge in [0.05, 0.1) is 12.1 Å². The van der Waals surface area contributed by atoms with Gasteiger partial charge in [-0.3, -0.25) is 14.4 Å². The van der Waals surface area contributed by atoms with Crippen LogP contribution in [0, 0.1) is 0 Å². The van der Waals surface area contributed by atoms with Gasteiger partial charge in [0.2, 0.25) is 11.8 Å². The molecule has 0 aliphatic carbocycles. The molecule has 0 spiro atoms. The molecule has 1 unspecified atom stereocenters. The second-order valence-electron chi connectivity index (χ2n) is 6.32. The van der Waals surface area contributed by atoms with E-state index in [2.05, 4.69) is 15.9 Å². The average Bonchev–Trinajstić information content (AvgIpc) is 2.64. The molecule has 5 nitrogen and oxygen atoms in total. The quantitative estimate of drug-likeness (QED) is 0.756. The zero-order valence-electron chi connectivity index (χ0n) is 13.1. The van der Waals surface area contributed by atoms with E-state index in [0.717, 1.165) is 4.47 Å². The number of halogens is 1. The first kappa shape index (κ1) is 16.7. The molecule has 2 rings (SSSR count). The molecule has 0 bridgehead atoms. The summed E-state index contributed by atoms with van der Waals surface area (Å²) in [5.41, 5.74) is 0.000400. The molecule has 1 aliphatic rings. The summed E-state index contributed by atoms with van der Waals surface area (Å²) in [5, 5.41) is 0.